The molecule has 0 radical (unpaired) electrons. The van der Waals surface area contributed by atoms with Crippen LogP contribution < -0.4 is 0 Å². The number of carbonyl (C=O) groups excluding carboxylic acids is 1. The summed E-state index contributed by atoms with van der Waals surface area (Å²) in [7, 11) is 0. The molecule has 0 atom stereocenters. The minimum absolute atomic E-state index is 0.125. The molecule has 0 fully saturated rings. The predicted molar refractivity (Wildman–Crippen MR) is 100 cm³/mol. The van der Waals surface area contributed by atoms with E-state index >= 15 is 0 Å². The van der Waals surface area contributed by atoms with Crippen LogP contribution in [0.1, 0.15) is 110 Å². The third-order valence-corrected chi connectivity index (χ3v) is 3.98. The summed E-state index contributed by atoms with van der Waals surface area (Å²) in [6.45, 7) is 2.03. The normalized spacial score (nSPS) is 9.64. The SMILES string of the molecule is CCCCCCCCCCCCCCCCC[C-]=O.OCCO.[O]=[Ti+]. The molecule has 0 aliphatic rings. The molecule has 0 aliphatic heterocycles. The van der Waals surface area contributed by atoms with Gasteiger partial charge < -0.3 is 15.0 Å². The summed E-state index contributed by atoms with van der Waals surface area (Å²) in [6.07, 6.45) is 23.2. The van der Waals surface area contributed by atoms with Gasteiger partial charge in [-0.15, -0.1) is 0 Å². The number of aliphatic hydroxyl groups excluding tert-OH is 2. The summed E-state index contributed by atoms with van der Waals surface area (Å²) in [5.41, 5.74) is 0. The first kappa shape index (κ1) is 29.9. The van der Waals surface area contributed by atoms with E-state index in [0.717, 1.165) is 26.8 Å². The summed E-state index contributed by atoms with van der Waals surface area (Å²) in [6, 6.07) is 0. The molecule has 0 aromatic rings. The molecule has 0 rings (SSSR count). The van der Waals surface area contributed by atoms with Gasteiger partial charge in [-0.05, 0) is 0 Å². The van der Waals surface area contributed by atoms with Gasteiger partial charge in [-0.3, -0.25) is 6.29 Å². The van der Waals surface area contributed by atoms with Crippen LogP contribution in [0.15, 0.2) is 0 Å². The molecule has 0 saturated carbocycles. The fourth-order valence-corrected chi connectivity index (χ4v) is 2.57. The van der Waals surface area contributed by atoms with Crippen LogP contribution in [0.3, 0.4) is 0 Å². The fourth-order valence-electron chi connectivity index (χ4n) is 2.57. The van der Waals surface area contributed by atoms with E-state index in [1.165, 1.54) is 89.9 Å². The zero-order valence-corrected chi connectivity index (χ0v) is 18.0. The molecule has 5 heteroatoms. The number of hydrogen-bond donors (Lipinski definition) is 2. The van der Waals surface area contributed by atoms with Crippen molar-refractivity contribution in [3.8, 4) is 0 Å². The van der Waals surface area contributed by atoms with Crippen molar-refractivity contribution in [3.63, 3.8) is 0 Å². The maximum atomic E-state index is 10.0. The van der Waals surface area contributed by atoms with Crippen LogP contribution in [0.25, 0.3) is 0 Å². The topological polar surface area (TPSA) is 74.6 Å². The van der Waals surface area contributed by atoms with Crippen molar-refractivity contribution in [2.24, 2.45) is 0 Å². The van der Waals surface area contributed by atoms with Gasteiger partial charge in [0.15, 0.2) is 0 Å². The average molecular weight is 393 g/mol. The van der Waals surface area contributed by atoms with Crippen LogP contribution in [0.2, 0.25) is 0 Å². The third-order valence-electron chi connectivity index (χ3n) is 3.98. The molecule has 0 saturated heterocycles. The van der Waals surface area contributed by atoms with E-state index in [0.29, 0.717) is 6.42 Å². The number of hydrogen-bond acceptors (Lipinski definition) is 4. The van der Waals surface area contributed by atoms with Crippen molar-refractivity contribution < 1.29 is 38.7 Å². The molecule has 0 spiro atoms. The predicted octanol–water partition coefficient (Wildman–Crippen LogP) is 5.21. The van der Waals surface area contributed by atoms with E-state index in [1.807, 2.05) is 6.29 Å². The summed E-state index contributed by atoms with van der Waals surface area (Å²) in [4.78, 5) is 10.0. The fraction of sp³-hybridized carbons (Fsp3) is 0.950. The van der Waals surface area contributed by atoms with E-state index in [1.54, 1.807) is 0 Å². The van der Waals surface area contributed by atoms with Crippen LogP contribution in [0.4, 0.5) is 0 Å². The van der Waals surface area contributed by atoms with E-state index in [-0.39, 0.29) is 13.2 Å². The van der Waals surface area contributed by atoms with Gasteiger partial charge in [-0.25, -0.2) is 0 Å². The van der Waals surface area contributed by atoms with Crippen molar-refractivity contribution in [1.29, 1.82) is 0 Å². The summed E-state index contributed by atoms with van der Waals surface area (Å²) in [5.74, 6) is 0. The number of unbranched alkanes of at least 4 members (excludes halogenated alkanes) is 15. The van der Waals surface area contributed by atoms with E-state index in [2.05, 4.69) is 6.92 Å². The number of aliphatic hydroxyl groups is 2. The summed E-state index contributed by atoms with van der Waals surface area (Å²) < 4.78 is 8.25. The van der Waals surface area contributed by atoms with Crippen LogP contribution in [0.5, 0.6) is 0 Å². The second-order valence-corrected chi connectivity index (χ2v) is 6.29. The minimum atomic E-state index is -0.125. The van der Waals surface area contributed by atoms with Gasteiger partial charge in [0.05, 0.1) is 13.2 Å². The molecule has 149 valence electrons. The zero-order valence-electron chi connectivity index (χ0n) is 16.4. The van der Waals surface area contributed by atoms with Crippen molar-refractivity contribution in [2.45, 2.75) is 110 Å². The van der Waals surface area contributed by atoms with Crippen molar-refractivity contribution in [3.05, 3.63) is 0 Å². The standard InChI is InChI=1S/C18H35O.C2H6O2.O.Ti/c1-2-3-4-5-6-7-8-9-10-11-12-13-14-15-16-17-18-19;3-1-2-4;;/h2-17H2,1H3;3-4H,1-2H2;;/q-1;;;+1. The Morgan fingerprint density at radius 2 is 0.880 bits per heavy atom. The Morgan fingerprint density at radius 3 is 1.12 bits per heavy atom. The first-order valence-electron chi connectivity index (χ1n) is 10.1. The van der Waals surface area contributed by atoms with E-state index in [4.69, 9.17) is 13.5 Å². The molecule has 0 aromatic carbocycles. The molecule has 0 aromatic heterocycles. The molecule has 0 amide bonds. The Kier molecular flexibility index (Phi) is 42.1. The van der Waals surface area contributed by atoms with Gasteiger partial charge in [-0.1, -0.05) is 103 Å². The van der Waals surface area contributed by atoms with E-state index in [9.17, 15) is 4.79 Å². The van der Waals surface area contributed by atoms with Crippen LogP contribution in [0, 0.1) is 0 Å². The molecule has 0 bridgehead atoms. The second-order valence-electron chi connectivity index (χ2n) is 6.29. The summed E-state index contributed by atoms with van der Waals surface area (Å²) >= 11 is 0.750. The molecule has 25 heavy (non-hydrogen) atoms. The Hall–Kier alpha value is 0.104. The van der Waals surface area contributed by atoms with Crippen molar-refractivity contribution >= 4 is 6.29 Å². The van der Waals surface area contributed by atoms with Crippen LogP contribution >= 0.6 is 0 Å². The molecule has 0 unspecified atom stereocenters. The first-order chi connectivity index (χ1) is 12.3. The molecule has 0 aliphatic carbocycles. The monoisotopic (exact) mass is 393 g/mol. The average Bonchev–Trinajstić information content (AvgIpc) is 2.66. The third kappa shape index (κ3) is 40.3. The Bertz CT molecular complexity index is 214. The van der Waals surface area contributed by atoms with Crippen molar-refractivity contribution in [1.82, 2.24) is 0 Å². The van der Waals surface area contributed by atoms with Gasteiger partial charge in [0.1, 0.15) is 0 Å². The maximum absolute atomic E-state index is 10.0. The molecule has 4 nitrogen and oxygen atoms in total. The Balaban J connectivity index is -0.000000701. The van der Waals surface area contributed by atoms with Gasteiger partial charge in [0.25, 0.3) is 0 Å². The molecule has 2 N–H and O–H groups in total. The quantitative estimate of drug-likeness (QED) is 0.202. The van der Waals surface area contributed by atoms with Gasteiger partial charge in [0, 0.05) is 0 Å². The number of rotatable bonds is 17. The first-order valence-corrected chi connectivity index (χ1v) is 10.7. The van der Waals surface area contributed by atoms with Crippen LogP contribution in [-0.4, -0.2) is 29.7 Å². The second kappa shape index (κ2) is 35.3. The zero-order chi connectivity index (χ0) is 19.4. The molecule has 0 heterocycles. The summed E-state index contributed by atoms with van der Waals surface area (Å²) in [5, 5.41) is 15.2. The Labute approximate surface area is 167 Å². The molecular weight excluding hydrogens is 352 g/mol. The Morgan fingerprint density at radius 1 is 0.600 bits per heavy atom. The van der Waals surface area contributed by atoms with Gasteiger partial charge >= 0.3 is 23.7 Å². The molecular formula is C20H41O4Ti. The van der Waals surface area contributed by atoms with Crippen LogP contribution in [-0.2, 0) is 28.5 Å². The van der Waals surface area contributed by atoms with Crippen molar-refractivity contribution in [2.75, 3.05) is 13.2 Å². The van der Waals surface area contributed by atoms with E-state index < -0.39 is 0 Å². The van der Waals surface area contributed by atoms with Gasteiger partial charge in [0.2, 0.25) is 0 Å². The van der Waals surface area contributed by atoms with Gasteiger partial charge in [-0.2, -0.15) is 6.42 Å².